The van der Waals surface area contributed by atoms with Crippen LogP contribution in [-0.2, 0) is 16.1 Å². The number of nitriles is 1. The molecule has 0 unspecified atom stereocenters. The van der Waals surface area contributed by atoms with E-state index in [4.69, 9.17) is 10.00 Å². The Morgan fingerprint density at radius 2 is 2.21 bits per heavy atom. The fourth-order valence-corrected chi connectivity index (χ4v) is 2.73. The van der Waals surface area contributed by atoms with Gasteiger partial charge < -0.3 is 10.1 Å². The molecule has 0 aliphatic heterocycles. The number of nitrogens with zero attached hydrogens (tertiary/aromatic N) is 5. The van der Waals surface area contributed by atoms with E-state index in [9.17, 15) is 4.79 Å². The van der Waals surface area contributed by atoms with Crippen molar-refractivity contribution in [1.29, 1.82) is 5.26 Å². The molecular weight excluding hydrogens is 328 g/mol. The van der Waals surface area contributed by atoms with Gasteiger partial charge in [-0.25, -0.2) is 0 Å². The molecule has 9 heteroatoms. The van der Waals surface area contributed by atoms with Gasteiger partial charge in [0.2, 0.25) is 5.91 Å². The van der Waals surface area contributed by atoms with Crippen LogP contribution in [0, 0.1) is 11.3 Å². The maximum Gasteiger partial charge on any atom is 0.230 e. The van der Waals surface area contributed by atoms with Gasteiger partial charge >= 0.3 is 0 Å². The summed E-state index contributed by atoms with van der Waals surface area (Å²) >= 11 is 1.30. The molecule has 2 aromatic rings. The predicted octanol–water partition coefficient (Wildman–Crippen LogP) is 1.11. The van der Waals surface area contributed by atoms with Gasteiger partial charge in [-0.2, -0.15) is 5.26 Å². The first-order chi connectivity index (χ1) is 11.8. The molecule has 0 radical (unpaired) electrons. The zero-order valence-corrected chi connectivity index (χ0v) is 14.1. The highest BCUT2D eigenvalue weighted by Crippen LogP contribution is 2.23. The Bertz CT molecular complexity index is 698. The van der Waals surface area contributed by atoms with Gasteiger partial charge in [-0.05, 0) is 12.1 Å². The van der Waals surface area contributed by atoms with Crippen molar-refractivity contribution in [3.05, 3.63) is 24.5 Å². The molecule has 0 aliphatic rings. The van der Waals surface area contributed by atoms with Gasteiger partial charge in [0.05, 0.1) is 31.4 Å². The highest BCUT2D eigenvalue weighted by Gasteiger charge is 2.15. The molecule has 0 bridgehead atoms. The van der Waals surface area contributed by atoms with E-state index < -0.39 is 0 Å². The molecule has 2 heterocycles. The minimum Gasteiger partial charge on any atom is -0.383 e. The van der Waals surface area contributed by atoms with Gasteiger partial charge in [0.25, 0.3) is 0 Å². The van der Waals surface area contributed by atoms with Gasteiger partial charge in [0, 0.05) is 31.6 Å². The maximum absolute atomic E-state index is 11.8. The van der Waals surface area contributed by atoms with Crippen LogP contribution in [0.15, 0.2) is 29.7 Å². The standard InChI is InChI=1S/C15H18N6O2S/c1-23-10-9-21-14(12-3-7-17-8-4-12)19-20-15(21)24-11-13(22)18-6-2-5-16/h3-4,7-8H,2,6,9-11H2,1H3,(H,18,22). The summed E-state index contributed by atoms with van der Waals surface area (Å²) in [6.07, 6.45) is 3.69. The lowest BCUT2D eigenvalue weighted by Crippen LogP contribution is -2.26. The third-order valence-electron chi connectivity index (χ3n) is 3.07. The smallest absolute Gasteiger partial charge is 0.230 e. The Labute approximate surface area is 144 Å². The monoisotopic (exact) mass is 346 g/mol. The Morgan fingerprint density at radius 1 is 1.42 bits per heavy atom. The van der Waals surface area contributed by atoms with E-state index in [2.05, 4.69) is 20.5 Å². The van der Waals surface area contributed by atoms with Crippen LogP contribution in [0.3, 0.4) is 0 Å². The summed E-state index contributed by atoms with van der Waals surface area (Å²) < 4.78 is 7.07. The van der Waals surface area contributed by atoms with Crippen LogP contribution in [0.2, 0.25) is 0 Å². The van der Waals surface area contributed by atoms with Crippen LogP contribution in [-0.4, -0.2) is 51.7 Å². The SMILES string of the molecule is COCCn1c(SCC(=O)NCCC#N)nnc1-c1ccncc1. The summed E-state index contributed by atoms with van der Waals surface area (Å²) in [5.41, 5.74) is 0.902. The number of carbonyl (C=O) groups excluding carboxylic acids is 1. The summed E-state index contributed by atoms with van der Waals surface area (Å²) in [6.45, 7) is 1.45. The first-order valence-electron chi connectivity index (χ1n) is 7.35. The lowest BCUT2D eigenvalue weighted by molar-refractivity contribution is -0.118. The Kier molecular flexibility index (Phi) is 7.20. The zero-order valence-electron chi connectivity index (χ0n) is 13.3. The lowest BCUT2D eigenvalue weighted by atomic mass is 10.2. The van der Waals surface area contributed by atoms with Crippen LogP contribution in [0.1, 0.15) is 6.42 Å². The highest BCUT2D eigenvalue weighted by atomic mass is 32.2. The first-order valence-corrected chi connectivity index (χ1v) is 8.33. The van der Waals surface area contributed by atoms with Crippen molar-refractivity contribution in [3.63, 3.8) is 0 Å². The Hall–Kier alpha value is -2.44. The third kappa shape index (κ3) is 5.04. The van der Waals surface area contributed by atoms with Crippen molar-refractivity contribution >= 4 is 17.7 Å². The zero-order chi connectivity index (χ0) is 17.2. The number of methoxy groups -OCH3 is 1. The average molecular weight is 346 g/mol. The summed E-state index contributed by atoms with van der Waals surface area (Å²) in [7, 11) is 1.63. The third-order valence-corrected chi connectivity index (χ3v) is 4.03. The van der Waals surface area contributed by atoms with Crippen molar-refractivity contribution in [2.45, 2.75) is 18.1 Å². The lowest BCUT2D eigenvalue weighted by Gasteiger charge is -2.09. The number of ether oxygens (including phenoxy) is 1. The van der Waals surface area contributed by atoms with Gasteiger partial charge in [0.15, 0.2) is 11.0 Å². The molecule has 8 nitrogen and oxygen atoms in total. The van der Waals surface area contributed by atoms with E-state index in [1.165, 1.54) is 11.8 Å². The number of hydrogen-bond acceptors (Lipinski definition) is 7. The van der Waals surface area contributed by atoms with Crippen molar-refractivity contribution in [2.24, 2.45) is 0 Å². The van der Waals surface area contributed by atoms with E-state index in [-0.39, 0.29) is 11.7 Å². The summed E-state index contributed by atoms with van der Waals surface area (Å²) in [5, 5.41) is 20.2. The van der Waals surface area contributed by atoms with E-state index >= 15 is 0 Å². The van der Waals surface area contributed by atoms with Crippen molar-refractivity contribution in [3.8, 4) is 17.5 Å². The molecule has 2 aromatic heterocycles. The molecule has 0 aromatic carbocycles. The van der Waals surface area contributed by atoms with Gasteiger partial charge in [0.1, 0.15) is 0 Å². The molecule has 24 heavy (non-hydrogen) atoms. The minimum atomic E-state index is -0.137. The average Bonchev–Trinajstić information content (AvgIpc) is 3.02. The van der Waals surface area contributed by atoms with Crippen molar-refractivity contribution in [1.82, 2.24) is 25.1 Å². The highest BCUT2D eigenvalue weighted by molar-refractivity contribution is 7.99. The number of aromatic nitrogens is 4. The molecule has 2 rings (SSSR count). The van der Waals surface area contributed by atoms with Crippen LogP contribution in [0.25, 0.3) is 11.4 Å². The second-order valence-corrected chi connectivity index (χ2v) is 5.68. The van der Waals surface area contributed by atoms with Crippen LogP contribution in [0.4, 0.5) is 0 Å². The molecule has 0 fully saturated rings. The van der Waals surface area contributed by atoms with Gasteiger partial charge in [-0.3, -0.25) is 14.3 Å². The molecule has 1 amide bonds. The molecule has 0 spiro atoms. The van der Waals surface area contributed by atoms with Crippen LogP contribution >= 0.6 is 11.8 Å². The summed E-state index contributed by atoms with van der Waals surface area (Å²) in [4.78, 5) is 15.8. The van der Waals surface area contributed by atoms with Crippen molar-refractivity contribution in [2.75, 3.05) is 26.0 Å². The van der Waals surface area contributed by atoms with Crippen LogP contribution in [0.5, 0.6) is 0 Å². The molecule has 1 N–H and O–H groups in total. The first kappa shape index (κ1) is 17.9. The summed E-state index contributed by atoms with van der Waals surface area (Å²) in [5.74, 6) is 0.788. The van der Waals surface area contributed by atoms with Gasteiger partial charge in [-0.15, -0.1) is 10.2 Å². The van der Waals surface area contributed by atoms with Gasteiger partial charge in [-0.1, -0.05) is 11.8 Å². The van der Waals surface area contributed by atoms with E-state index in [0.717, 1.165) is 5.56 Å². The van der Waals surface area contributed by atoms with Crippen LogP contribution < -0.4 is 5.32 Å². The van der Waals surface area contributed by atoms with Crippen molar-refractivity contribution < 1.29 is 9.53 Å². The van der Waals surface area contributed by atoms with E-state index in [1.807, 2.05) is 22.8 Å². The fraction of sp³-hybridized carbons (Fsp3) is 0.400. The molecular formula is C15H18N6O2S. The number of pyridine rings is 1. The summed E-state index contributed by atoms with van der Waals surface area (Å²) in [6, 6.07) is 5.70. The molecule has 0 saturated heterocycles. The Morgan fingerprint density at radius 3 is 2.92 bits per heavy atom. The maximum atomic E-state index is 11.8. The largest absolute Gasteiger partial charge is 0.383 e. The number of hydrogen-bond donors (Lipinski definition) is 1. The second kappa shape index (κ2) is 9.64. The predicted molar refractivity (Wildman–Crippen MR) is 89.1 cm³/mol. The molecule has 0 atom stereocenters. The molecule has 0 aliphatic carbocycles. The van der Waals surface area contributed by atoms with E-state index in [0.29, 0.717) is 37.1 Å². The number of carbonyl (C=O) groups is 1. The number of amides is 1. The topological polar surface area (TPSA) is 106 Å². The minimum absolute atomic E-state index is 0.137. The normalized spacial score (nSPS) is 10.3. The van der Waals surface area contributed by atoms with E-state index in [1.54, 1.807) is 19.5 Å². The molecule has 0 saturated carbocycles. The molecule has 126 valence electrons. The number of thioether (sulfide) groups is 1. The number of rotatable bonds is 9. The Balaban J connectivity index is 2.08. The second-order valence-electron chi connectivity index (χ2n) is 4.73. The fourth-order valence-electron chi connectivity index (χ4n) is 1.93. The quantitative estimate of drug-likeness (QED) is 0.535. The number of nitrogens with one attached hydrogen (secondary N) is 1.